The molecule has 18 heavy (non-hydrogen) atoms. The molecule has 100 valence electrons. The number of nitrogen functional groups attached to an aromatic ring is 1. The maximum atomic E-state index is 12.6. The molecule has 0 saturated carbocycles. The number of hydrogen-bond donors (Lipinski definition) is 1. The molecule has 0 spiro atoms. The van der Waals surface area contributed by atoms with E-state index in [0.29, 0.717) is 11.0 Å². The largest absolute Gasteiger partial charge is 0.383 e. The summed E-state index contributed by atoms with van der Waals surface area (Å²) in [7, 11) is -3.58. The van der Waals surface area contributed by atoms with E-state index in [4.69, 9.17) is 5.73 Å². The van der Waals surface area contributed by atoms with Crippen LogP contribution in [0.3, 0.4) is 0 Å². The number of sulfonamides is 1. The van der Waals surface area contributed by atoms with Crippen LogP contribution in [0.1, 0.15) is 26.7 Å². The van der Waals surface area contributed by atoms with E-state index in [1.165, 1.54) is 16.6 Å². The zero-order chi connectivity index (χ0) is 13.6. The fourth-order valence-electron chi connectivity index (χ4n) is 2.28. The molecule has 0 amide bonds. The second-order valence-electron chi connectivity index (χ2n) is 5.03. The van der Waals surface area contributed by atoms with Gasteiger partial charge in [0.05, 0.1) is 0 Å². The molecule has 0 unspecified atom stereocenters. The van der Waals surface area contributed by atoms with Crippen LogP contribution in [0.5, 0.6) is 0 Å². The van der Waals surface area contributed by atoms with Crippen molar-refractivity contribution in [3.05, 3.63) is 16.7 Å². The van der Waals surface area contributed by atoms with Crippen molar-refractivity contribution in [1.82, 2.24) is 9.29 Å². The summed E-state index contributed by atoms with van der Waals surface area (Å²) in [6.07, 6.45) is 3.21. The average Bonchev–Trinajstić information content (AvgIpc) is 2.62. The average molecular weight is 334 g/mol. The highest BCUT2D eigenvalue weighted by molar-refractivity contribution is 9.10. The van der Waals surface area contributed by atoms with Gasteiger partial charge >= 0.3 is 0 Å². The van der Waals surface area contributed by atoms with Gasteiger partial charge in [0.25, 0.3) is 0 Å². The highest BCUT2D eigenvalue weighted by Gasteiger charge is 2.41. The minimum absolute atomic E-state index is 0.0425. The van der Waals surface area contributed by atoms with Gasteiger partial charge in [-0.25, -0.2) is 13.4 Å². The van der Waals surface area contributed by atoms with Crippen molar-refractivity contribution in [3.8, 4) is 0 Å². The number of nitrogens with zero attached hydrogens (tertiary/aromatic N) is 2. The maximum Gasteiger partial charge on any atom is 0.247 e. The standard InChI is InChI=1S/C11H16BrN3O2S/c1-11(2)4-3-5-15(11)18(16,17)9-6-8(12)7-14-10(9)13/h6-7H,3-5H2,1-2H3,(H2,13,14). The molecule has 2 rings (SSSR count). The van der Waals surface area contributed by atoms with Crippen LogP contribution in [-0.2, 0) is 10.0 Å². The summed E-state index contributed by atoms with van der Waals surface area (Å²) >= 11 is 3.22. The molecule has 1 aliphatic rings. The molecular formula is C11H16BrN3O2S. The van der Waals surface area contributed by atoms with Gasteiger partial charge in [0.15, 0.2) is 0 Å². The van der Waals surface area contributed by atoms with Gasteiger partial charge < -0.3 is 5.73 Å². The van der Waals surface area contributed by atoms with E-state index in [1.54, 1.807) is 0 Å². The van der Waals surface area contributed by atoms with E-state index in [9.17, 15) is 8.42 Å². The van der Waals surface area contributed by atoms with E-state index in [-0.39, 0.29) is 16.3 Å². The lowest BCUT2D eigenvalue weighted by molar-refractivity contribution is 0.292. The number of pyridine rings is 1. The van der Waals surface area contributed by atoms with Gasteiger partial charge in [-0.15, -0.1) is 0 Å². The van der Waals surface area contributed by atoms with Gasteiger partial charge in [0, 0.05) is 22.8 Å². The summed E-state index contributed by atoms with van der Waals surface area (Å²) in [4.78, 5) is 3.96. The monoisotopic (exact) mass is 333 g/mol. The Balaban J connectivity index is 2.52. The van der Waals surface area contributed by atoms with Crippen molar-refractivity contribution in [2.75, 3.05) is 12.3 Å². The Labute approximate surface area is 116 Å². The van der Waals surface area contributed by atoms with Gasteiger partial charge in [-0.3, -0.25) is 0 Å². The molecular weight excluding hydrogens is 318 g/mol. The molecule has 0 bridgehead atoms. The Kier molecular flexibility index (Phi) is 3.42. The Morgan fingerprint density at radius 2 is 2.17 bits per heavy atom. The van der Waals surface area contributed by atoms with Crippen LogP contribution in [0.25, 0.3) is 0 Å². The predicted molar refractivity (Wildman–Crippen MR) is 73.6 cm³/mol. The van der Waals surface area contributed by atoms with Crippen molar-refractivity contribution in [1.29, 1.82) is 0 Å². The Hall–Kier alpha value is -0.660. The summed E-state index contributed by atoms with van der Waals surface area (Å²) in [5, 5.41) is 0. The third-order valence-electron chi connectivity index (χ3n) is 3.24. The number of aromatic nitrogens is 1. The molecule has 1 aromatic heterocycles. The SMILES string of the molecule is CC1(C)CCCN1S(=O)(=O)c1cc(Br)cnc1N. The fraction of sp³-hybridized carbons (Fsp3) is 0.545. The summed E-state index contributed by atoms with van der Waals surface area (Å²) in [5.41, 5.74) is 5.33. The second-order valence-corrected chi connectivity index (χ2v) is 7.78. The van der Waals surface area contributed by atoms with E-state index in [1.807, 2.05) is 13.8 Å². The van der Waals surface area contributed by atoms with Gasteiger partial charge in [-0.1, -0.05) is 0 Å². The molecule has 0 aromatic carbocycles. The van der Waals surface area contributed by atoms with Crippen LogP contribution in [0.15, 0.2) is 21.6 Å². The van der Waals surface area contributed by atoms with Crippen molar-refractivity contribution >= 4 is 31.8 Å². The lowest BCUT2D eigenvalue weighted by Crippen LogP contribution is -2.42. The van der Waals surface area contributed by atoms with Crippen LogP contribution >= 0.6 is 15.9 Å². The third kappa shape index (κ3) is 2.26. The molecule has 0 atom stereocenters. The normalized spacial score (nSPS) is 20.2. The molecule has 5 nitrogen and oxygen atoms in total. The molecule has 1 saturated heterocycles. The number of anilines is 1. The molecule has 2 heterocycles. The smallest absolute Gasteiger partial charge is 0.247 e. The van der Waals surface area contributed by atoms with Crippen molar-refractivity contribution in [3.63, 3.8) is 0 Å². The first-order valence-corrected chi connectivity index (χ1v) is 7.92. The Morgan fingerprint density at radius 3 is 2.72 bits per heavy atom. The van der Waals surface area contributed by atoms with E-state index in [2.05, 4.69) is 20.9 Å². The summed E-state index contributed by atoms with van der Waals surface area (Å²) in [6.45, 7) is 4.39. The van der Waals surface area contributed by atoms with Crippen LogP contribution in [-0.4, -0.2) is 29.8 Å². The first-order valence-electron chi connectivity index (χ1n) is 5.69. The van der Waals surface area contributed by atoms with Gasteiger partial charge in [0.2, 0.25) is 10.0 Å². The van der Waals surface area contributed by atoms with Crippen molar-refractivity contribution in [2.45, 2.75) is 37.1 Å². The van der Waals surface area contributed by atoms with Crippen molar-refractivity contribution in [2.24, 2.45) is 0 Å². The Bertz CT molecular complexity index is 572. The topological polar surface area (TPSA) is 76.3 Å². The first-order chi connectivity index (χ1) is 8.25. The molecule has 7 heteroatoms. The van der Waals surface area contributed by atoms with Crippen molar-refractivity contribution < 1.29 is 8.42 Å². The molecule has 0 radical (unpaired) electrons. The van der Waals surface area contributed by atoms with Crippen LogP contribution in [0.4, 0.5) is 5.82 Å². The molecule has 1 aromatic rings. The highest BCUT2D eigenvalue weighted by Crippen LogP contribution is 2.35. The maximum absolute atomic E-state index is 12.6. The zero-order valence-corrected chi connectivity index (χ0v) is 12.8. The molecule has 2 N–H and O–H groups in total. The van der Waals surface area contributed by atoms with E-state index in [0.717, 1.165) is 12.8 Å². The van der Waals surface area contributed by atoms with Gasteiger partial charge in [0.1, 0.15) is 10.7 Å². The quantitative estimate of drug-likeness (QED) is 0.897. The summed E-state index contributed by atoms with van der Waals surface area (Å²) in [5.74, 6) is 0.0425. The molecule has 0 aliphatic carbocycles. The second kappa shape index (κ2) is 4.47. The number of halogens is 1. The van der Waals surface area contributed by atoms with Gasteiger partial charge in [-0.05, 0) is 48.7 Å². The Morgan fingerprint density at radius 1 is 1.50 bits per heavy atom. The minimum Gasteiger partial charge on any atom is -0.383 e. The van der Waals surface area contributed by atoms with Crippen LogP contribution in [0.2, 0.25) is 0 Å². The summed E-state index contributed by atoms with van der Waals surface area (Å²) in [6, 6.07) is 1.51. The third-order valence-corrected chi connectivity index (χ3v) is 5.81. The zero-order valence-electron chi connectivity index (χ0n) is 10.4. The highest BCUT2D eigenvalue weighted by atomic mass is 79.9. The van der Waals surface area contributed by atoms with Crippen LogP contribution in [0, 0.1) is 0 Å². The lowest BCUT2D eigenvalue weighted by Gasteiger charge is -2.30. The van der Waals surface area contributed by atoms with E-state index >= 15 is 0 Å². The number of nitrogens with two attached hydrogens (primary N) is 1. The van der Waals surface area contributed by atoms with Crippen LogP contribution < -0.4 is 5.73 Å². The first kappa shape index (κ1) is 13.8. The number of hydrogen-bond acceptors (Lipinski definition) is 4. The predicted octanol–water partition coefficient (Wildman–Crippen LogP) is 1.99. The summed E-state index contributed by atoms with van der Waals surface area (Å²) < 4.78 is 27.3. The van der Waals surface area contributed by atoms with E-state index < -0.39 is 10.0 Å². The fourth-order valence-corrected chi connectivity index (χ4v) is 4.71. The number of rotatable bonds is 2. The molecule has 1 fully saturated rings. The molecule has 1 aliphatic heterocycles. The van der Waals surface area contributed by atoms with Gasteiger partial charge in [-0.2, -0.15) is 4.31 Å². The minimum atomic E-state index is -3.58. The lowest BCUT2D eigenvalue weighted by atomic mass is 10.0.